The number of nitrogen functional groups attached to an aromatic ring is 1. The maximum Gasteiger partial charge on any atom is 0.254 e. The summed E-state index contributed by atoms with van der Waals surface area (Å²) in [5.74, 6) is -0.336. The van der Waals surface area contributed by atoms with Crippen LogP contribution in [0.1, 0.15) is 37.0 Å². The average molecular weight is 272 g/mol. The van der Waals surface area contributed by atoms with E-state index in [4.69, 9.17) is 22.4 Å². The molecule has 0 spiro atoms. The first-order valence-electron chi connectivity index (χ1n) is 5.76. The molecule has 0 saturated carbocycles. The molecule has 18 heavy (non-hydrogen) atoms. The number of rotatable bonds is 5. The van der Waals surface area contributed by atoms with Crippen molar-refractivity contribution in [2.75, 3.05) is 12.3 Å². The molecule has 6 heteroatoms. The van der Waals surface area contributed by atoms with Gasteiger partial charge in [0, 0.05) is 12.1 Å². The monoisotopic (exact) mass is 271 g/mol. The van der Waals surface area contributed by atoms with Crippen LogP contribution in [0.25, 0.3) is 0 Å². The van der Waals surface area contributed by atoms with Gasteiger partial charge in [-0.3, -0.25) is 4.79 Å². The van der Waals surface area contributed by atoms with Crippen molar-refractivity contribution in [3.05, 3.63) is 23.0 Å². The Kier molecular flexibility index (Phi) is 4.93. The Morgan fingerprint density at radius 3 is 2.89 bits per heavy atom. The van der Waals surface area contributed by atoms with Gasteiger partial charge in [-0.2, -0.15) is 0 Å². The molecule has 5 nitrogen and oxygen atoms in total. The number of halogens is 1. The quantitative estimate of drug-likeness (QED) is 0.710. The smallest absolute Gasteiger partial charge is 0.254 e. The van der Waals surface area contributed by atoms with Crippen LogP contribution in [-0.2, 0) is 0 Å². The number of aliphatic hydroxyl groups excluding tert-OH is 1. The molecule has 0 radical (unpaired) electrons. The third-order valence-electron chi connectivity index (χ3n) is 2.96. The van der Waals surface area contributed by atoms with Gasteiger partial charge in [0.1, 0.15) is 5.15 Å². The van der Waals surface area contributed by atoms with Gasteiger partial charge in [0.2, 0.25) is 0 Å². The minimum atomic E-state index is -0.472. The number of aromatic nitrogens is 1. The summed E-state index contributed by atoms with van der Waals surface area (Å²) >= 11 is 5.86. The summed E-state index contributed by atoms with van der Waals surface area (Å²) in [6, 6.07) is 1.49. The minimum Gasteiger partial charge on any atom is -0.397 e. The molecule has 1 aromatic rings. The van der Waals surface area contributed by atoms with Gasteiger partial charge in [0.15, 0.2) is 0 Å². The number of hydrogen-bond acceptors (Lipinski definition) is 4. The molecule has 1 heterocycles. The zero-order valence-corrected chi connectivity index (χ0v) is 11.3. The molecule has 0 aliphatic rings. The molecule has 0 bridgehead atoms. The van der Waals surface area contributed by atoms with Crippen molar-refractivity contribution in [2.24, 2.45) is 0 Å². The van der Waals surface area contributed by atoms with Crippen LogP contribution in [0, 0.1) is 0 Å². The van der Waals surface area contributed by atoms with E-state index in [0.29, 0.717) is 18.5 Å². The maximum absolute atomic E-state index is 12.1. The Morgan fingerprint density at radius 2 is 2.33 bits per heavy atom. The van der Waals surface area contributed by atoms with Crippen LogP contribution < -0.4 is 11.1 Å². The van der Waals surface area contributed by atoms with Crippen molar-refractivity contribution in [3.8, 4) is 0 Å². The minimum absolute atomic E-state index is 0.00747. The number of carbonyl (C=O) groups is 1. The fraction of sp³-hybridized carbons (Fsp3) is 0.500. The number of aliphatic hydroxyl groups is 1. The van der Waals surface area contributed by atoms with Crippen LogP contribution in [-0.4, -0.2) is 28.1 Å². The first kappa shape index (κ1) is 14.7. The van der Waals surface area contributed by atoms with Crippen molar-refractivity contribution in [1.29, 1.82) is 0 Å². The average Bonchev–Trinajstić information content (AvgIpc) is 2.32. The zero-order chi connectivity index (χ0) is 13.8. The predicted molar refractivity (Wildman–Crippen MR) is 71.5 cm³/mol. The number of pyridine rings is 1. The van der Waals surface area contributed by atoms with E-state index < -0.39 is 5.54 Å². The lowest BCUT2D eigenvalue weighted by molar-refractivity contribution is 0.0886. The third-order valence-corrected chi connectivity index (χ3v) is 3.27. The summed E-state index contributed by atoms with van der Waals surface area (Å²) in [5, 5.41) is 12.0. The fourth-order valence-electron chi connectivity index (χ4n) is 1.54. The summed E-state index contributed by atoms with van der Waals surface area (Å²) in [6.07, 6.45) is 2.57. The van der Waals surface area contributed by atoms with Crippen molar-refractivity contribution in [2.45, 2.75) is 32.2 Å². The van der Waals surface area contributed by atoms with E-state index in [9.17, 15) is 4.79 Å². The SMILES string of the molecule is CCC(C)(CCO)NC(=O)c1cc(N)cnc1Cl. The highest BCUT2D eigenvalue weighted by Gasteiger charge is 2.25. The van der Waals surface area contributed by atoms with E-state index in [1.165, 1.54) is 12.3 Å². The molecule has 4 N–H and O–H groups in total. The second-order valence-corrected chi connectivity index (χ2v) is 4.81. The summed E-state index contributed by atoms with van der Waals surface area (Å²) in [6.45, 7) is 3.82. The van der Waals surface area contributed by atoms with Crippen LogP contribution in [0.2, 0.25) is 5.15 Å². The van der Waals surface area contributed by atoms with Crippen LogP contribution in [0.4, 0.5) is 5.69 Å². The first-order valence-corrected chi connectivity index (χ1v) is 6.14. The molecular weight excluding hydrogens is 254 g/mol. The normalized spacial score (nSPS) is 14.0. The number of nitrogens with one attached hydrogen (secondary N) is 1. The molecule has 1 atom stereocenters. The number of amides is 1. The lowest BCUT2D eigenvalue weighted by Crippen LogP contribution is -2.46. The van der Waals surface area contributed by atoms with Gasteiger partial charge in [0.25, 0.3) is 5.91 Å². The van der Waals surface area contributed by atoms with Gasteiger partial charge >= 0.3 is 0 Å². The highest BCUT2D eigenvalue weighted by Crippen LogP contribution is 2.19. The van der Waals surface area contributed by atoms with E-state index in [2.05, 4.69) is 10.3 Å². The second-order valence-electron chi connectivity index (χ2n) is 4.45. The van der Waals surface area contributed by atoms with Crippen molar-refractivity contribution in [1.82, 2.24) is 10.3 Å². The summed E-state index contributed by atoms with van der Waals surface area (Å²) < 4.78 is 0. The van der Waals surface area contributed by atoms with Gasteiger partial charge in [-0.25, -0.2) is 4.98 Å². The van der Waals surface area contributed by atoms with E-state index in [1.54, 1.807) is 0 Å². The van der Waals surface area contributed by atoms with Gasteiger partial charge in [-0.1, -0.05) is 18.5 Å². The van der Waals surface area contributed by atoms with Gasteiger partial charge in [-0.05, 0) is 25.8 Å². The molecule has 1 amide bonds. The Morgan fingerprint density at radius 1 is 1.67 bits per heavy atom. The second kappa shape index (κ2) is 6.02. The Bertz CT molecular complexity index is 439. The van der Waals surface area contributed by atoms with Crippen LogP contribution >= 0.6 is 11.6 Å². The third kappa shape index (κ3) is 3.58. The fourth-order valence-corrected chi connectivity index (χ4v) is 1.73. The molecular formula is C12H18ClN3O2. The van der Waals surface area contributed by atoms with Gasteiger partial charge < -0.3 is 16.2 Å². The maximum atomic E-state index is 12.1. The molecule has 0 saturated heterocycles. The number of hydrogen-bond donors (Lipinski definition) is 3. The molecule has 1 rings (SSSR count). The highest BCUT2D eigenvalue weighted by atomic mass is 35.5. The lowest BCUT2D eigenvalue weighted by Gasteiger charge is -2.29. The van der Waals surface area contributed by atoms with Gasteiger partial charge in [0.05, 0.1) is 17.4 Å². The van der Waals surface area contributed by atoms with Crippen molar-refractivity contribution < 1.29 is 9.90 Å². The van der Waals surface area contributed by atoms with Crippen molar-refractivity contribution in [3.63, 3.8) is 0 Å². The molecule has 1 unspecified atom stereocenters. The highest BCUT2D eigenvalue weighted by molar-refractivity contribution is 6.32. The largest absolute Gasteiger partial charge is 0.397 e. The van der Waals surface area contributed by atoms with Crippen LogP contribution in [0.3, 0.4) is 0 Å². The van der Waals surface area contributed by atoms with Gasteiger partial charge in [-0.15, -0.1) is 0 Å². The topological polar surface area (TPSA) is 88.2 Å². The molecule has 100 valence electrons. The number of nitrogens with zero attached hydrogens (tertiary/aromatic N) is 1. The van der Waals surface area contributed by atoms with E-state index in [-0.39, 0.29) is 23.2 Å². The number of nitrogens with two attached hydrogens (primary N) is 1. The molecule has 1 aromatic heterocycles. The lowest BCUT2D eigenvalue weighted by atomic mass is 9.94. The van der Waals surface area contributed by atoms with Crippen molar-refractivity contribution >= 4 is 23.2 Å². The Balaban J connectivity index is 2.90. The standard InChI is InChI=1S/C12H18ClN3O2/c1-3-12(2,4-5-17)16-11(18)9-6-8(14)7-15-10(9)13/h6-7,17H,3-5,14H2,1-2H3,(H,16,18). The van der Waals surface area contributed by atoms with E-state index in [1.807, 2.05) is 13.8 Å². The summed E-state index contributed by atoms with van der Waals surface area (Å²) in [7, 11) is 0. The molecule has 0 fully saturated rings. The molecule has 0 aromatic carbocycles. The first-order chi connectivity index (χ1) is 8.41. The summed E-state index contributed by atoms with van der Waals surface area (Å²) in [5.41, 5.74) is 5.73. The molecule has 0 aliphatic heterocycles. The Labute approximate surface area is 111 Å². The predicted octanol–water partition coefficient (Wildman–Crippen LogP) is 1.60. The Hall–Kier alpha value is -1.33. The number of carbonyl (C=O) groups excluding carboxylic acids is 1. The van der Waals surface area contributed by atoms with Crippen LogP contribution in [0.5, 0.6) is 0 Å². The molecule has 0 aliphatic carbocycles. The van der Waals surface area contributed by atoms with E-state index >= 15 is 0 Å². The zero-order valence-electron chi connectivity index (χ0n) is 10.5. The van der Waals surface area contributed by atoms with Crippen LogP contribution in [0.15, 0.2) is 12.3 Å². The summed E-state index contributed by atoms with van der Waals surface area (Å²) in [4.78, 5) is 15.9. The number of anilines is 1. The van der Waals surface area contributed by atoms with E-state index in [0.717, 1.165) is 0 Å².